The van der Waals surface area contributed by atoms with Gasteiger partial charge in [-0.15, -0.1) is 0 Å². The lowest BCUT2D eigenvalue weighted by molar-refractivity contribution is -0.136. The zero-order valence-electron chi connectivity index (χ0n) is 21.2. The minimum Gasteiger partial charge on any atom is -0.493 e. The predicted octanol–water partition coefficient (Wildman–Crippen LogP) is 3.30. The lowest BCUT2D eigenvalue weighted by Crippen LogP contribution is -2.42. The van der Waals surface area contributed by atoms with Gasteiger partial charge in [0.2, 0.25) is 17.8 Å². The molecular formula is C27H33N5O4. The first-order chi connectivity index (χ1) is 17.4. The van der Waals surface area contributed by atoms with Gasteiger partial charge >= 0.3 is 0 Å². The Hall–Kier alpha value is -3.85. The first-order valence-electron chi connectivity index (χ1n) is 12.0. The van der Waals surface area contributed by atoms with Crippen LogP contribution in [0.5, 0.6) is 11.5 Å². The molecule has 36 heavy (non-hydrogen) atoms. The maximum absolute atomic E-state index is 13.2. The van der Waals surface area contributed by atoms with Crippen LogP contribution in [0.2, 0.25) is 0 Å². The van der Waals surface area contributed by atoms with E-state index >= 15 is 0 Å². The van der Waals surface area contributed by atoms with Crippen LogP contribution in [0.25, 0.3) is 16.9 Å². The third-order valence-electron chi connectivity index (χ3n) is 6.06. The van der Waals surface area contributed by atoms with E-state index in [1.165, 1.54) is 0 Å². The SMILES string of the molecule is COc1ccc(-n2cc(-c3ccccc3)nc2NC(=O)CN(CCN(C)C)C(=O)C2CC2)cc1OC. The molecule has 1 heterocycles. The molecule has 0 spiro atoms. The van der Waals surface area contributed by atoms with Crippen molar-refractivity contribution in [2.24, 2.45) is 5.92 Å². The molecule has 1 aromatic heterocycles. The number of hydrogen-bond acceptors (Lipinski definition) is 6. The fourth-order valence-electron chi connectivity index (χ4n) is 3.90. The largest absolute Gasteiger partial charge is 0.493 e. The number of benzene rings is 2. The van der Waals surface area contributed by atoms with Crippen molar-refractivity contribution in [3.63, 3.8) is 0 Å². The third kappa shape index (κ3) is 6.04. The van der Waals surface area contributed by atoms with E-state index in [-0.39, 0.29) is 24.3 Å². The number of nitrogens with one attached hydrogen (secondary N) is 1. The van der Waals surface area contributed by atoms with Crippen molar-refractivity contribution >= 4 is 17.8 Å². The average molecular weight is 492 g/mol. The fourth-order valence-corrected chi connectivity index (χ4v) is 3.90. The molecule has 9 heteroatoms. The fraction of sp³-hybridized carbons (Fsp3) is 0.370. The van der Waals surface area contributed by atoms with E-state index in [2.05, 4.69) is 5.32 Å². The summed E-state index contributed by atoms with van der Waals surface area (Å²) in [5, 5.41) is 2.93. The monoisotopic (exact) mass is 491 g/mol. The number of methoxy groups -OCH3 is 2. The summed E-state index contributed by atoms with van der Waals surface area (Å²) in [6.45, 7) is 1.15. The second-order valence-electron chi connectivity index (χ2n) is 9.11. The van der Waals surface area contributed by atoms with E-state index < -0.39 is 0 Å². The predicted molar refractivity (Wildman–Crippen MR) is 139 cm³/mol. The molecule has 0 aliphatic heterocycles. The van der Waals surface area contributed by atoms with Crippen LogP contribution < -0.4 is 14.8 Å². The van der Waals surface area contributed by atoms with Crippen LogP contribution in [-0.4, -0.2) is 79.1 Å². The molecule has 0 radical (unpaired) electrons. The Balaban J connectivity index is 1.62. The summed E-state index contributed by atoms with van der Waals surface area (Å²) in [6.07, 6.45) is 3.65. The number of likely N-dealkylation sites (N-methyl/N-ethyl adjacent to an activating group) is 1. The number of aromatic nitrogens is 2. The molecule has 190 valence electrons. The summed E-state index contributed by atoms with van der Waals surface area (Å²) in [4.78, 5) is 34.3. The molecule has 0 bridgehead atoms. The van der Waals surface area contributed by atoms with E-state index in [4.69, 9.17) is 14.5 Å². The highest BCUT2D eigenvalue weighted by Crippen LogP contribution is 2.32. The number of nitrogens with zero attached hydrogens (tertiary/aromatic N) is 4. The number of carbonyl (C=O) groups is 2. The summed E-state index contributed by atoms with van der Waals surface area (Å²) in [7, 11) is 7.06. The molecule has 2 aromatic carbocycles. The number of ether oxygens (including phenoxy) is 2. The second-order valence-corrected chi connectivity index (χ2v) is 9.11. The normalized spacial score (nSPS) is 12.9. The highest BCUT2D eigenvalue weighted by Gasteiger charge is 2.34. The Morgan fingerprint density at radius 3 is 2.39 bits per heavy atom. The number of rotatable bonds is 11. The van der Waals surface area contributed by atoms with Crippen LogP contribution in [0.15, 0.2) is 54.7 Å². The molecule has 9 nitrogen and oxygen atoms in total. The molecule has 2 amide bonds. The third-order valence-corrected chi connectivity index (χ3v) is 6.06. The highest BCUT2D eigenvalue weighted by molar-refractivity contribution is 5.94. The minimum absolute atomic E-state index is 0.0252. The first kappa shape index (κ1) is 25.2. The van der Waals surface area contributed by atoms with Crippen molar-refractivity contribution < 1.29 is 19.1 Å². The van der Waals surface area contributed by atoms with E-state index in [1.807, 2.05) is 67.7 Å². The van der Waals surface area contributed by atoms with Crippen molar-refractivity contribution in [2.75, 3.05) is 53.3 Å². The van der Waals surface area contributed by atoms with E-state index in [1.54, 1.807) is 29.8 Å². The first-order valence-corrected chi connectivity index (χ1v) is 12.0. The Kier molecular flexibility index (Phi) is 7.90. The second kappa shape index (κ2) is 11.3. The Bertz CT molecular complexity index is 1200. The standard InChI is InChI=1S/C27H33N5O4/c1-30(2)14-15-31(26(34)20-10-11-20)18-25(33)29-27-28-22(19-8-6-5-7-9-19)17-32(27)21-12-13-23(35-3)24(16-21)36-4/h5-9,12-13,16-17,20H,10-11,14-15,18H2,1-4H3,(H,28,29,33). The van der Waals surface area contributed by atoms with Gasteiger partial charge in [-0.3, -0.25) is 19.5 Å². The van der Waals surface area contributed by atoms with E-state index in [0.717, 1.165) is 24.1 Å². The number of imidazole rings is 1. The van der Waals surface area contributed by atoms with Crippen molar-refractivity contribution in [3.05, 3.63) is 54.7 Å². The van der Waals surface area contributed by atoms with Crippen LogP contribution in [0.1, 0.15) is 12.8 Å². The molecule has 1 fully saturated rings. The summed E-state index contributed by atoms with van der Waals surface area (Å²) in [5.74, 6) is 1.31. The van der Waals surface area contributed by atoms with Crippen molar-refractivity contribution in [2.45, 2.75) is 12.8 Å². The van der Waals surface area contributed by atoms with Gasteiger partial charge < -0.3 is 19.3 Å². The van der Waals surface area contributed by atoms with Gasteiger partial charge in [0.25, 0.3) is 0 Å². The van der Waals surface area contributed by atoms with Crippen LogP contribution in [-0.2, 0) is 9.59 Å². The van der Waals surface area contributed by atoms with Gasteiger partial charge in [-0.2, -0.15) is 0 Å². The van der Waals surface area contributed by atoms with Gasteiger partial charge in [0.1, 0.15) is 0 Å². The quantitative estimate of drug-likeness (QED) is 0.443. The maximum atomic E-state index is 13.2. The number of carbonyl (C=O) groups excluding carboxylic acids is 2. The molecule has 1 aliphatic rings. The minimum atomic E-state index is -0.297. The van der Waals surface area contributed by atoms with Gasteiger partial charge in [0.15, 0.2) is 11.5 Å². The topological polar surface area (TPSA) is 88.9 Å². The number of amides is 2. The maximum Gasteiger partial charge on any atom is 0.246 e. The summed E-state index contributed by atoms with van der Waals surface area (Å²) < 4.78 is 12.6. The zero-order valence-corrected chi connectivity index (χ0v) is 21.2. The zero-order chi connectivity index (χ0) is 25.7. The number of hydrogen-bond donors (Lipinski definition) is 1. The van der Waals surface area contributed by atoms with Gasteiger partial charge in [0.05, 0.1) is 32.1 Å². The van der Waals surface area contributed by atoms with Crippen LogP contribution >= 0.6 is 0 Å². The average Bonchev–Trinajstić information content (AvgIpc) is 3.66. The summed E-state index contributed by atoms with van der Waals surface area (Å²) in [6, 6.07) is 15.2. The van der Waals surface area contributed by atoms with Crippen LogP contribution in [0, 0.1) is 5.92 Å². The smallest absolute Gasteiger partial charge is 0.246 e. The lowest BCUT2D eigenvalue weighted by atomic mass is 10.2. The molecule has 0 atom stereocenters. The molecule has 4 rings (SSSR count). The van der Waals surface area contributed by atoms with Crippen molar-refractivity contribution in [3.8, 4) is 28.4 Å². The molecule has 1 aliphatic carbocycles. The number of anilines is 1. The van der Waals surface area contributed by atoms with Gasteiger partial charge in [-0.25, -0.2) is 4.98 Å². The van der Waals surface area contributed by atoms with Gasteiger partial charge in [-0.1, -0.05) is 30.3 Å². The van der Waals surface area contributed by atoms with Gasteiger partial charge in [-0.05, 0) is 39.1 Å². The highest BCUT2D eigenvalue weighted by atomic mass is 16.5. The van der Waals surface area contributed by atoms with Crippen LogP contribution in [0.3, 0.4) is 0 Å². The van der Waals surface area contributed by atoms with Gasteiger partial charge in [0, 0.05) is 36.8 Å². The van der Waals surface area contributed by atoms with Crippen molar-refractivity contribution in [1.82, 2.24) is 19.4 Å². The molecule has 0 unspecified atom stereocenters. The lowest BCUT2D eigenvalue weighted by Gasteiger charge is -2.24. The van der Waals surface area contributed by atoms with Crippen molar-refractivity contribution in [1.29, 1.82) is 0 Å². The molecule has 0 saturated heterocycles. The molecular weight excluding hydrogens is 458 g/mol. The summed E-state index contributed by atoms with van der Waals surface area (Å²) >= 11 is 0. The Morgan fingerprint density at radius 1 is 1.03 bits per heavy atom. The summed E-state index contributed by atoms with van der Waals surface area (Å²) in [5.41, 5.74) is 2.37. The Labute approximate surface area is 211 Å². The molecule has 1 N–H and O–H groups in total. The Morgan fingerprint density at radius 2 is 1.75 bits per heavy atom. The van der Waals surface area contributed by atoms with E-state index in [9.17, 15) is 9.59 Å². The molecule has 3 aromatic rings. The molecule has 1 saturated carbocycles. The van der Waals surface area contributed by atoms with E-state index in [0.29, 0.717) is 36.2 Å². The van der Waals surface area contributed by atoms with Crippen LogP contribution in [0.4, 0.5) is 5.95 Å².